The van der Waals surface area contributed by atoms with Crippen LogP contribution in [0.4, 0.5) is 0 Å². The van der Waals surface area contributed by atoms with Crippen LogP contribution in [0.3, 0.4) is 0 Å². The second kappa shape index (κ2) is 4.97. The highest BCUT2D eigenvalue weighted by atomic mass is 16.7. The van der Waals surface area contributed by atoms with Gasteiger partial charge in [0, 0.05) is 26.2 Å². The van der Waals surface area contributed by atoms with Crippen LogP contribution < -0.4 is 0 Å². The van der Waals surface area contributed by atoms with Gasteiger partial charge in [-0.3, -0.25) is 9.63 Å². The summed E-state index contributed by atoms with van der Waals surface area (Å²) in [4.78, 5) is 21.0. The summed E-state index contributed by atoms with van der Waals surface area (Å²) in [6.45, 7) is 5.27. The van der Waals surface area contributed by atoms with Crippen molar-refractivity contribution in [1.29, 1.82) is 0 Å². The third-order valence-electron chi connectivity index (χ3n) is 5.32. The van der Waals surface area contributed by atoms with Crippen LogP contribution in [-0.4, -0.2) is 61.4 Å². The number of nitrogens with zero attached hydrogens (tertiary/aromatic N) is 2. The van der Waals surface area contributed by atoms with Crippen LogP contribution in [-0.2, 0) is 14.4 Å². The third kappa shape index (κ3) is 2.16. The molecule has 4 rings (SSSR count). The van der Waals surface area contributed by atoms with Gasteiger partial charge in [0.05, 0.1) is 24.7 Å². The first kappa shape index (κ1) is 13.0. The SMILES string of the molecule is O=C(N1CCCO1)[C@]12CCO[C@H]1CCN(CC1CC1)C2. The first-order valence-electron chi connectivity index (χ1n) is 8.07. The summed E-state index contributed by atoms with van der Waals surface area (Å²) in [6, 6.07) is 0. The Kier molecular flexibility index (Phi) is 3.24. The molecular formula is C15H24N2O3. The van der Waals surface area contributed by atoms with Crippen LogP contribution in [0.25, 0.3) is 0 Å². The van der Waals surface area contributed by atoms with Crippen molar-refractivity contribution in [2.24, 2.45) is 11.3 Å². The number of rotatable bonds is 3. The zero-order valence-electron chi connectivity index (χ0n) is 12.1. The van der Waals surface area contributed by atoms with E-state index < -0.39 is 0 Å². The largest absolute Gasteiger partial charge is 0.377 e. The Balaban J connectivity index is 1.52. The fourth-order valence-electron chi connectivity index (χ4n) is 4.01. The molecular weight excluding hydrogens is 256 g/mol. The van der Waals surface area contributed by atoms with Crippen molar-refractivity contribution < 1.29 is 14.4 Å². The normalized spacial score (nSPS) is 38.2. The predicted molar refractivity (Wildman–Crippen MR) is 72.9 cm³/mol. The maximum Gasteiger partial charge on any atom is 0.256 e. The minimum atomic E-state index is -0.336. The summed E-state index contributed by atoms with van der Waals surface area (Å²) in [6.07, 6.45) is 5.65. The highest BCUT2D eigenvalue weighted by Crippen LogP contribution is 2.44. The van der Waals surface area contributed by atoms with E-state index >= 15 is 0 Å². The molecule has 0 spiro atoms. The van der Waals surface area contributed by atoms with Gasteiger partial charge in [-0.2, -0.15) is 0 Å². The van der Waals surface area contributed by atoms with E-state index in [-0.39, 0.29) is 17.4 Å². The van der Waals surface area contributed by atoms with Gasteiger partial charge in [-0.1, -0.05) is 0 Å². The average Bonchev–Trinajstić information content (AvgIpc) is 2.97. The van der Waals surface area contributed by atoms with E-state index in [0.29, 0.717) is 6.61 Å². The zero-order chi connectivity index (χ0) is 13.6. The fourth-order valence-corrected chi connectivity index (χ4v) is 4.01. The van der Waals surface area contributed by atoms with Crippen LogP contribution in [0.15, 0.2) is 0 Å². The highest BCUT2D eigenvalue weighted by Gasteiger charge is 2.55. The molecule has 0 N–H and O–H groups in total. The van der Waals surface area contributed by atoms with Crippen molar-refractivity contribution in [2.75, 3.05) is 39.4 Å². The van der Waals surface area contributed by atoms with Gasteiger partial charge in [0.25, 0.3) is 5.91 Å². The number of carbonyl (C=O) groups excluding carboxylic acids is 1. The lowest BCUT2D eigenvalue weighted by atomic mass is 9.75. The molecule has 5 nitrogen and oxygen atoms in total. The van der Waals surface area contributed by atoms with Crippen LogP contribution in [0.1, 0.15) is 32.1 Å². The first-order chi connectivity index (χ1) is 9.78. The van der Waals surface area contributed by atoms with Crippen molar-refractivity contribution in [3.8, 4) is 0 Å². The molecule has 0 bridgehead atoms. The van der Waals surface area contributed by atoms with Crippen molar-refractivity contribution in [3.63, 3.8) is 0 Å². The maximum absolute atomic E-state index is 12.9. The number of hydrogen-bond donors (Lipinski definition) is 0. The van der Waals surface area contributed by atoms with Crippen LogP contribution in [0, 0.1) is 11.3 Å². The van der Waals surface area contributed by atoms with Crippen molar-refractivity contribution in [1.82, 2.24) is 9.96 Å². The number of fused-ring (bicyclic) bond motifs is 1. The molecule has 3 aliphatic heterocycles. The minimum Gasteiger partial charge on any atom is -0.377 e. The van der Waals surface area contributed by atoms with Crippen molar-refractivity contribution in [3.05, 3.63) is 0 Å². The molecule has 2 atom stereocenters. The molecule has 5 heteroatoms. The van der Waals surface area contributed by atoms with Crippen LogP contribution >= 0.6 is 0 Å². The number of likely N-dealkylation sites (tertiary alicyclic amines) is 1. The predicted octanol–water partition coefficient (Wildman–Crippen LogP) is 1.04. The quantitative estimate of drug-likeness (QED) is 0.775. The number of ether oxygens (including phenoxy) is 1. The maximum atomic E-state index is 12.9. The Morgan fingerprint density at radius 3 is 2.85 bits per heavy atom. The van der Waals surface area contributed by atoms with Gasteiger partial charge in [-0.05, 0) is 38.0 Å². The standard InChI is InChI=1S/C15H24N2O3/c18-14(17-6-1-8-20-17)15-5-9-19-13(15)4-7-16(11-15)10-12-2-3-12/h12-13H,1-11H2/t13-,15-/m0/s1. The molecule has 112 valence electrons. The van der Waals surface area contributed by atoms with E-state index in [4.69, 9.17) is 9.57 Å². The molecule has 3 saturated heterocycles. The Morgan fingerprint density at radius 1 is 1.20 bits per heavy atom. The lowest BCUT2D eigenvalue weighted by Crippen LogP contribution is -2.57. The van der Waals surface area contributed by atoms with E-state index in [1.807, 2.05) is 0 Å². The second-order valence-corrected chi connectivity index (χ2v) is 6.83. The number of hydroxylamine groups is 2. The molecule has 1 aliphatic carbocycles. The van der Waals surface area contributed by atoms with Gasteiger partial charge in [-0.15, -0.1) is 0 Å². The summed E-state index contributed by atoms with van der Waals surface area (Å²) in [5, 5.41) is 1.61. The molecule has 4 aliphatic rings. The van der Waals surface area contributed by atoms with Crippen molar-refractivity contribution >= 4 is 5.91 Å². The molecule has 3 heterocycles. The average molecular weight is 280 g/mol. The van der Waals surface area contributed by atoms with Crippen molar-refractivity contribution in [2.45, 2.75) is 38.2 Å². The van der Waals surface area contributed by atoms with Gasteiger partial charge in [0.1, 0.15) is 0 Å². The molecule has 1 amide bonds. The molecule has 1 saturated carbocycles. The first-order valence-corrected chi connectivity index (χ1v) is 8.07. The number of piperidine rings is 1. The summed E-state index contributed by atoms with van der Waals surface area (Å²) < 4.78 is 5.88. The Bertz CT molecular complexity index is 393. The van der Waals surface area contributed by atoms with E-state index in [1.54, 1.807) is 5.06 Å². The number of hydrogen-bond acceptors (Lipinski definition) is 4. The van der Waals surface area contributed by atoms with Gasteiger partial charge < -0.3 is 9.64 Å². The molecule has 20 heavy (non-hydrogen) atoms. The Hall–Kier alpha value is -0.650. The summed E-state index contributed by atoms with van der Waals surface area (Å²) in [7, 11) is 0. The van der Waals surface area contributed by atoms with E-state index in [0.717, 1.165) is 51.4 Å². The van der Waals surface area contributed by atoms with Gasteiger partial charge in [0.15, 0.2) is 0 Å². The molecule has 0 aromatic carbocycles. The third-order valence-corrected chi connectivity index (χ3v) is 5.32. The summed E-state index contributed by atoms with van der Waals surface area (Å²) in [5.74, 6) is 1.06. The topological polar surface area (TPSA) is 42.0 Å². The lowest BCUT2D eigenvalue weighted by molar-refractivity contribution is -0.187. The molecule has 0 unspecified atom stereocenters. The molecule has 0 aromatic rings. The zero-order valence-corrected chi connectivity index (χ0v) is 12.1. The number of carbonyl (C=O) groups is 1. The lowest BCUT2D eigenvalue weighted by Gasteiger charge is -2.43. The van der Waals surface area contributed by atoms with Gasteiger partial charge >= 0.3 is 0 Å². The van der Waals surface area contributed by atoms with E-state index in [2.05, 4.69) is 4.90 Å². The molecule has 4 fully saturated rings. The number of amides is 1. The Morgan fingerprint density at radius 2 is 2.10 bits per heavy atom. The summed E-state index contributed by atoms with van der Waals surface area (Å²) >= 11 is 0. The smallest absolute Gasteiger partial charge is 0.256 e. The van der Waals surface area contributed by atoms with E-state index in [9.17, 15) is 4.79 Å². The Labute approximate surface area is 120 Å². The van der Waals surface area contributed by atoms with Gasteiger partial charge in [-0.25, -0.2) is 5.06 Å². The second-order valence-electron chi connectivity index (χ2n) is 6.83. The minimum absolute atomic E-state index is 0.106. The highest BCUT2D eigenvalue weighted by molar-refractivity contribution is 5.83. The fraction of sp³-hybridized carbons (Fsp3) is 0.933. The molecule has 0 aromatic heterocycles. The monoisotopic (exact) mass is 280 g/mol. The van der Waals surface area contributed by atoms with Crippen LogP contribution in [0.2, 0.25) is 0 Å². The molecule has 0 radical (unpaired) electrons. The van der Waals surface area contributed by atoms with Crippen LogP contribution in [0.5, 0.6) is 0 Å². The summed E-state index contributed by atoms with van der Waals surface area (Å²) in [5.41, 5.74) is -0.336. The van der Waals surface area contributed by atoms with E-state index in [1.165, 1.54) is 19.4 Å². The van der Waals surface area contributed by atoms with Gasteiger partial charge in [0.2, 0.25) is 0 Å².